The molecule has 4 rings (SSSR count). The molecule has 0 amide bonds. The number of nitrogens with zero attached hydrogens (tertiary/aromatic N) is 6. The van der Waals surface area contributed by atoms with Gasteiger partial charge in [-0.2, -0.15) is 5.10 Å². The third kappa shape index (κ3) is 3.58. The van der Waals surface area contributed by atoms with Crippen LogP contribution in [0, 0.1) is 19.8 Å². The molecule has 0 aromatic carbocycles. The maximum absolute atomic E-state index is 12.3. The van der Waals surface area contributed by atoms with E-state index in [1.165, 1.54) is 11.3 Å². The second-order valence-electron chi connectivity index (χ2n) is 7.12. The third-order valence-corrected chi connectivity index (χ3v) is 6.24. The topological polar surface area (TPSA) is 86.0 Å². The molecule has 9 heteroatoms. The van der Waals surface area contributed by atoms with E-state index in [0.29, 0.717) is 17.4 Å². The van der Waals surface area contributed by atoms with Gasteiger partial charge in [0.25, 0.3) is 0 Å². The lowest BCUT2D eigenvalue weighted by Gasteiger charge is -2.34. The first-order chi connectivity index (χ1) is 13.6. The fourth-order valence-electron chi connectivity index (χ4n) is 3.84. The number of ether oxygens (including phenoxy) is 1. The molecule has 0 N–H and O–H groups in total. The van der Waals surface area contributed by atoms with Crippen molar-refractivity contribution < 1.29 is 9.53 Å². The highest BCUT2D eigenvalue weighted by Crippen LogP contribution is 2.37. The predicted molar refractivity (Wildman–Crippen MR) is 108 cm³/mol. The van der Waals surface area contributed by atoms with E-state index < -0.39 is 0 Å². The standard InChI is InChI=1S/C19H24N6O2S/c1-4-27-19(26)16-12(2)15-17(22-13(3)23-18(15)28-16)24-7-5-6-14(8-24)9-25-11-20-10-21-25/h10-11,14H,4-9H2,1-3H3. The van der Waals surface area contributed by atoms with Gasteiger partial charge in [0.1, 0.15) is 34.0 Å². The fourth-order valence-corrected chi connectivity index (χ4v) is 4.95. The van der Waals surface area contributed by atoms with E-state index in [2.05, 4.69) is 20.0 Å². The maximum Gasteiger partial charge on any atom is 0.348 e. The number of piperidine rings is 1. The van der Waals surface area contributed by atoms with Gasteiger partial charge >= 0.3 is 5.97 Å². The zero-order valence-corrected chi connectivity index (χ0v) is 17.2. The first-order valence-corrected chi connectivity index (χ1v) is 10.4. The molecule has 3 aromatic rings. The number of carbonyl (C=O) groups is 1. The summed E-state index contributed by atoms with van der Waals surface area (Å²) in [7, 11) is 0. The number of anilines is 1. The van der Waals surface area contributed by atoms with Crippen LogP contribution in [0.4, 0.5) is 5.82 Å². The van der Waals surface area contributed by atoms with Gasteiger partial charge in [-0.15, -0.1) is 11.3 Å². The molecule has 1 aliphatic heterocycles. The van der Waals surface area contributed by atoms with Crippen molar-refractivity contribution in [2.45, 2.75) is 40.2 Å². The Kier molecular flexibility index (Phi) is 5.25. The quantitative estimate of drug-likeness (QED) is 0.609. The van der Waals surface area contributed by atoms with Gasteiger partial charge in [0.05, 0.1) is 12.0 Å². The van der Waals surface area contributed by atoms with Crippen molar-refractivity contribution in [2.75, 3.05) is 24.6 Å². The van der Waals surface area contributed by atoms with Crippen molar-refractivity contribution in [3.8, 4) is 0 Å². The van der Waals surface area contributed by atoms with Gasteiger partial charge in [0, 0.05) is 19.6 Å². The van der Waals surface area contributed by atoms with E-state index in [9.17, 15) is 4.79 Å². The molecule has 4 heterocycles. The zero-order valence-electron chi connectivity index (χ0n) is 16.4. The molecule has 3 aromatic heterocycles. The second kappa shape index (κ2) is 7.83. The largest absolute Gasteiger partial charge is 0.462 e. The first kappa shape index (κ1) is 18.8. The van der Waals surface area contributed by atoms with Crippen molar-refractivity contribution >= 4 is 33.3 Å². The van der Waals surface area contributed by atoms with Crippen LogP contribution in [0.15, 0.2) is 12.7 Å². The normalized spacial score (nSPS) is 17.2. The lowest BCUT2D eigenvalue weighted by molar-refractivity contribution is 0.0531. The van der Waals surface area contributed by atoms with Crippen LogP contribution < -0.4 is 4.90 Å². The lowest BCUT2D eigenvalue weighted by Crippen LogP contribution is -2.38. The van der Waals surface area contributed by atoms with Gasteiger partial charge in [0.15, 0.2) is 0 Å². The Hall–Kier alpha value is -2.55. The summed E-state index contributed by atoms with van der Waals surface area (Å²) >= 11 is 1.39. The molecule has 8 nitrogen and oxygen atoms in total. The first-order valence-electron chi connectivity index (χ1n) is 9.59. The van der Waals surface area contributed by atoms with E-state index in [1.54, 1.807) is 12.7 Å². The van der Waals surface area contributed by atoms with Gasteiger partial charge < -0.3 is 9.64 Å². The number of aryl methyl sites for hydroxylation is 2. The molecule has 1 aliphatic rings. The molecular formula is C19H24N6O2S. The highest BCUT2D eigenvalue weighted by atomic mass is 32.1. The van der Waals surface area contributed by atoms with Crippen molar-refractivity contribution in [1.29, 1.82) is 0 Å². The van der Waals surface area contributed by atoms with Crippen molar-refractivity contribution in [3.63, 3.8) is 0 Å². The minimum Gasteiger partial charge on any atom is -0.462 e. The van der Waals surface area contributed by atoms with Crippen LogP contribution in [0.25, 0.3) is 10.2 Å². The molecule has 1 saturated heterocycles. The SMILES string of the molecule is CCOC(=O)c1sc2nc(C)nc(N3CCCC(Cn4cncn4)C3)c2c1C. The molecule has 1 unspecified atom stereocenters. The van der Waals surface area contributed by atoms with E-state index >= 15 is 0 Å². The minimum absolute atomic E-state index is 0.283. The average molecular weight is 401 g/mol. The summed E-state index contributed by atoms with van der Waals surface area (Å²) in [6.45, 7) is 8.74. The van der Waals surface area contributed by atoms with E-state index in [1.807, 2.05) is 25.5 Å². The maximum atomic E-state index is 12.3. The summed E-state index contributed by atoms with van der Waals surface area (Å²) in [4.78, 5) is 29.5. The fraction of sp³-hybridized carbons (Fsp3) is 0.526. The number of hydrogen-bond donors (Lipinski definition) is 0. The van der Waals surface area contributed by atoms with E-state index in [4.69, 9.17) is 9.72 Å². The van der Waals surface area contributed by atoms with E-state index in [0.717, 1.165) is 59.9 Å². The van der Waals surface area contributed by atoms with Crippen molar-refractivity contribution in [1.82, 2.24) is 24.7 Å². The lowest BCUT2D eigenvalue weighted by atomic mass is 9.97. The van der Waals surface area contributed by atoms with Crippen LogP contribution in [0.2, 0.25) is 0 Å². The van der Waals surface area contributed by atoms with Crippen LogP contribution in [0.3, 0.4) is 0 Å². The van der Waals surface area contributed by atoms with Crippen LogP contribution in [0.1, 0.15) is 40.8 Å². The number of thiophene rings is 1. The number of esters is 1. The number of rotatable bonds is 5. The molecule has 148 valence electrons. The van der Waals surface area contributed by atoms with Gasteiger partial charge in [-0.3, -0.25) is 4.68 Å². The Bertz CT molecular complexity index is 984. The molecule has 1 atom stereocenters. The monoisotopic (exact) mass is 400 g/mol. The zero-order chi connectivity index (χ0) is 19.7. The molecule has 0 spiro atoms. The van der Waals surface area contributed by atoms with Crippen LogP contribution in [-0.2, 0) is 11.3 Å². The predicted octanol–water partition coefficient (Wildman–Crippen LogP) is 2.99. The summed E-state index contributed by atoms with van der Waals surface area (Å²) < 4.78 is 7.12. The summed E-state index contributed by atoms with van der Waals surface area (Å²) in [6.07, 6.45) is 5.59. The Morgan fingerprint density at radius 3 is 2.96 bits per heavy atom. The Morgan fingerprint density at radius 1 is 1.36 bits per heavy atom. The molecule has 0 radical (unpaired) electrons. The Morgan fingerprint density at radius 2 is 2.21 bits per heavy atom. The summed E-state index contributed by atoms with van der Waals surface area (Å²) in [6, 6.07) is 0. The second-order valence-corrected chi connectivity index (χ2v) is 8.12. The number of fused-ring (bicyclic) bond motifs is 1. The summed E-state index contributed by atoms with van der Waals surface area (Å²) in [5.41, 5.74) is 0.909. The Labute approximate surface area is 167 Å². The number of carbonyl (C=O) groups excluding carboxylic acids is 1. The van der Waals surface area contributed by atoms with Crippen LogP contribution >= 0.6 is 11.3 Å². The summed E-state index contributed by atoms with van der Waals surface area (Å²) in [5, 5.41) is 5.21. The number of hydrogen-bond acceptors (Lipinski definition) is 8. The van der Waals surface area contributed by atoms with Gasteiger partial charge in [-0.1, -0.05) is 0 Å². The van der Waals surface area contributed by atoms with Crippen molar-refractivity contribution in [2.24, 2.45) is 5.92 Å². The highest BCUT2D eigenvalue weighted by Gasteiger charge is 2.27. The molecule has 0 saturated carbocycles. The highest BCUT2D eigenvalue weighted by molar-refractivity contribution is 7.20. The molecule has 28 heavy (non-hydrogen) atoms. The molecule has 1 fully saturated rings. The van der Waals surface area contributed by atoms with Gasteiger partial charge in [0.2, 0.25) is 0 Å². The average Bonchev–Trinajstić information content (AvgIpc) is 3.29. The third-order valence-electron chi connectivity index (χ3n) is 5.07. The summed E-state index contributed by atoms with van der Waals surface area (Å²) in [5.74, 6) is 1.84. The van der Waals surface area contributed by atoms with Gasteiger partial charge in [-0.05, 0) is 45.1 Å². The smallest absolute Gasteiger partial charge is 0.348 e. The van der Waals surface area contributed by atoms with Crippen LogP contribution in [-0.4, -0.2) is 50.4 Å². The Balaban J connectivity index is 1.68. The van der Waals surface area contributed by atoms with Crippen molar-refractivity contribution in [3.05, 3.63) is 28.9 Å². The van der Waals surface area contributed by atoms with Gasteiger partial charge in [-0.25, -0.2) is 19.7 Å². The number of aromatic nitrogens is 5. The minimum atomic E-state index is -0.283. The van der Waals surface area contributed by atoms with Crippen LogP contribution in [0.5, 0.6) is 0 Å². The molecule has 0 bridgehead atoms. The molecular weight excluding hydrogens is 376 g/mol. The van der Waals surface area contributed by atoms with E-state index in [-0.39, 0.29) is 5.97 Å². The molecule has 0 aliphatic carbocycles.